The van der Waals surface area contributed by atoms with E-state index in [0.717, 1.165) is 18.7 Å². The average Bonchev–Trinajstić information content (AvgIpc) is 2.84. The van der Waals surface area contributed by atoms with Crippen LogP contribution < -0.4 is 0 Å². The van der Waals surface area contributed by atoms with Crippen LogP contribution in [0.5, 0.6) is 0 Å². The van der Waals surface area contributed by atoms with Crippen LogP contribution in [-0.2, 0) is 6.54 Å². The second-order valence-corrected chi connectivity index (χ2v) is 3.35. The minimum atomic E-state index is -1.12. The van der Waals surface area contributed by atoms with Crippen LogP contribution in [0.1, 0.15) is 23.9 Å². The predicted molar refractivity (Wildman–Crippen MR) is 55.0 cm³/mol. The molecule has 1 N–H and O–H groups in total. The zero-order chi connectivity index (χ0) is 11.5. The zero-order valence-corrected chi connectivity index (χ0v) is 8.75. The second kappa shape index (κ2) is 4.18. The molecule has 2 aromatic heterocycles. The van der Waals surface area contributed by atoms with Gasteiger partial charge in [-0.15, -0.1) is 0 Å². The van der Waals surface area contributed by atoms with Gasteiger partial charge in [-0.3, -0.25) is 0 Å². The van der Waals surface area contributed by atoms with E-state index in [2.05, 4.69) is 17.1 Å². The summed E-state index contributed by atoms with van der Waals surface area (Å²) in [5.74, 6) is -1.29. The molecule has 0 aliphatic carbocycles. The third-order valence-electron chi connectivity index (χ3n) is 2.16. The van der Waals surface area contributed by atoms with Crippen molar-refractivity contribution in [2.24, 2.45) is 0 Å². The Hall–Kier alpha value is -2.11. The number of imidazole rings is 1. The van der Waals surface area contributed by atoms with Crippen molar-refractivity contribution >= 4 is 5.97 Å². The van der Waals surface area contributed by atoms with E-state index in [4.69, 9.17) is 9.63 Å². The van der Waals surface area contributed by atoms with Gasteiger partial charge in [0, 0.05) is 12.6 Å². The maximum absolute atomic E-state index is 10.6. The van der Waals surface area contributed by atoms with Crippen LogP contribution in [0.15, 0.2) is 23.1 Å². The standard InChI is InChI=1S/C10H11N3O3/c1-2-3-13-6-11-5-8(13)7-4-9(10(14)15)16-12-7/h4-6H,2-3H2,1H3,(H,14,15). The van der Waals surface area contributed by atoms with E-state index in [1.807, 2.05) is 4.57 Å². The number of aromatic nitrogens is 3. The first kappa shape index (κ1) is 10.4. The van der Waals surface area contributed by atoms with Gasteiger partial charge in [-0.25, -0.2) is 9.78 Å². The van der Waals surface area contributed by atoms with E-state index in [1.165, 1.54) is 6.07 Å². The Labute approximate surface area is 91.5 Å². The molecule has 84 valence electrons. The predicted octanol–water partition coefficient (Wildman–Crippen LogP) is 1.65. The molecule has 2 rings (SSSR count). The fourth-order valence-electron chi connectivity index (χ4n) is 1.45. The molecule has 0 aliphatic heterocycles. The Balaban J connectivity index is 2.34. The van der Waals surface area contributed by atoms with Crippen molar-refractivity contribution in [1.29, 1.82) is 0 Å². The van der Waals surface area contributed by atoms with Crippen LogP contribution in [0.2, 0.25) is 0 Å². The molecule has 6 nitrogen and oxygen atoms in total. The molecule has 0 saturated carbocycles. The first-order valence-corrected chi connectivity index (χ1v) is 4.93. The van der Waals surface area contributed by atoms with Crippen molar-refractivity contribution in [3.63, 3.8) is 0 Å². The molecular formula is C10H11N3O3. The van der Waals surface area contributed by atoms with E-state index in [-0.39, 0.29) is 5.76 Å². The minimum Gasteiger partial charge on any atom is -0.475 e. The average molecular weight is 221 g/mol. The third kappa shape index (κ3) is 1.81. The quantitative estimate of drug-likeness (QED) is 0.848. The molecule has 0 aliphatic rings. The summed E-state index contributed by atoms with van der Waals surface area (Å²) in [4.78, 5) is 14.6. The van der Waals surface area contributed by atoms with Gasteiger partial charge in [0.05, 0.1) is 18.2 Å². The molecule has 0 bridgehead atoms. The Morgan fingerprint density at radius 1 is 1.62 bits per heavy atom. The van der Waals surface area contributed by atoms with Gasteiger partial charge in [0.2, 0.25) is 5.76 Å². The molecule has 2 aromatic rings. The lowest BCUT2D eigenvalue weighted by Crippen LogP contribution is -1.97. The Bertz CT molecular complexity index is 501. The fraction of sp³-hybridized carbons (Fsp3) is 0.300. The third-order valence-corrected chi connectivity index (χ3v) is 2.16. The molecule has 2 heterocycles. The summed E-state index contributed by atoms with van der Waals surface area (Å²) in [5.41, 5.74) is 1.25. The number of rotatable bonds is 4. The lowest BCUT2D eigenvalue weighted by molar-refractivity contribution is 0.0652. The number of hydrogen-bond acceptors (Lipinski definition) is 4. The maximum Gasteiger partial charge on any atom is 0.374 e. The van der Waals surface area contributed by atoms with Crippen LogP contribution >= 0.6 is 0 Å². The maximum atomic E-state index is 10.6. The number of aryl methyl sites for hydroxylation is 1. The highest BCUT2D eigenvalue weighted by atomic mass is 16.5. The molecule has 6 heteroatoms. The smallest absolute Gasteiger partial charge is 0.374 e. The molecule has 16 heavy (non-hydrogen) atoms. The van der Waals surface area contributed by atoms with Crippen LogP contribution in [0, 0.1) is 0 Å². The minimum absolute atomic E-state index is 0.167. The largest absolute Gasteiger partial charge is 0.475 e. The summed E-state index contributed by atoms with van der Waals surface area (Å²) in [6.45, 7) is 2.86. The van der Waals surface area contributed by atoms with Gasteiger partial charge in [0.15, 0.2) is 0 Å². The molecule has 0 unspecified atom stereocenters. The molecule has 0 aromatic carbocycles. The number of carboxylic acids is 1. The van der Waals surface area contributed by atoms with Crippen LogP contribution in [0.4, 0.5) is 0 Å². The lowest BCUT2D eigenvalue weighted by atomic mass is 10.3. The van der Waals surface area contributed by atoms with Crippen molar-refractivity contribution in [1.82, 2.24) is 14.7 Å². The molecule has 0 amide bonds. The summed E-state index contributed by atoms with van der Waals surface area (Å²) in [5, 5.41) is 12.4. The zero-order valence-electron chi connectivity index (χ0n) is 8.75. The molecular weight excluding hydrogens is 210 g/mol. The van der Waals surface area contributed by atoms with Crippen LogP contribution in [0.3, 0.4) is 0 Å². The summed E-state index contributed by atoms with van der Waals surface area (Å²) in [7, 11) is 0. The first-order chi connectivity index (χ1) is 7.72. The van der Waals surface area contributed by atoms with Gasteiger partial charge in [-0.2, -0.15) is 0 Å². The van der Waals surface area contributed by atoms with Gasteiger partial charge in [-0.1, -0.05) is 12.1 Å². The topological polar surface area (TPSA) is 81.2 Å². The van der Waals surface area contributed by atoms with Gasteiger partial charge >= 0.3 is 5.97 Å². The van der Waals surface area contributed by atoms with E-state index >= 15 is 0 Å². The van der Waals surface area contributed by atoms with Gasteiger partial charge in [-0.05, 0) is 6.42 Å². The van der Waals surface area contributed by atoms with Gasteiger partial charge in [0.25, 0.3) is 0 Å². The summed E-state index contributed by atoms with van der Waals surface area (Å²) >= 11 is 0. The number of hydrogen-bond donors (Lipinski definition) is 1. The normalized spacial score (nSPS) is 10.6. The fourth-order valence-corrected chi connectivity index (χ4v) is 1.45. The second-order valence-electron chi connectivity index (χ2n) is 3.35. The van der Waals surface area contributed by atoms with E-state index in [1.54, 1.807) is 12.5 Å². The van der Waals surface area contributed by atoms with Crippen LogP contribution in [-0.4, -0.2) is 25.8 Å². The molecule has 0 spiro atoms. The van der Waals surface area contributed by atoms with Crippen LogP contribution in [0.25, 0.3) is 11.4 Å². The Morgan fingerprint density at radius 3 is 3.06 bits per heavy atom. The highest BCUT2D eigenvalue weighted by Gasteiger charge is 2.14. The van der Waals surface area contributed by atoms with Gasteiger partial charge < -0.3 is 14.2 Å². The molecule has 0 fully saturated rings. The van der Waals surface area contributed by atoms with Crippen molar-refractivity contribution < 1.29 is 14.4 Å². The Kier molecular flexibility index (Phi) is 2.72. The summed E-state index contributed by atoms with van der Waals surface area (Å²) in [6.07, 6.45) is 4.29. The van der Waals surface area contributed by atoms with Crippen molar-refractivity contribution in [3.05, 3.63) is 24.4 Å². The summed E-state index contributed by atoms with van der Waals surface area (Å²) < 4.78 is 6.60. The molecule has 0 radical (unpaired) electrons. The number of carboxylic acid groups (broad SMARTS) is 1. The van der Waals surface area contributed by atoms with E-state index in [0.29, 0.717) is 5.69 Å². The summed E-state index contributed by atoms with van der Waals surface area (Å²) in [6, 6.07) is 1.39. The van der Waals surface area contributed by atoms with Crippen molar-refractivity contribution in [2.75, 3.05) is 0 Å². The highest BCUT2D eigenvalue weighted by molar-refractivity contribution is 5.85. The number of nitrogens with zero attached hydrogens (tertiary/aromatic N) is 3. The van der Waals surface area contributed by atoms with Crippen molar-refractivity contribution in [2.45, 2.75) is 19.9 Å². The number of carbonyl (C=O) groups is 1. The van der Waals surface area contributed by atoms with Gasteiger partial charge in [0.1, 0.15) is 5.69 Å². The van der Waals surface area contributed by atoms with E-state index < -0.39 is 5.97 Å². The van der Waals surface area contributed by atoms with E-state index in [9.17, 15) is 4.79 Å². The first-order valence-electron chi connectivity index (χ1n) is 4.93. The monoisotopic (exact) mass is 221 g/mol. The molecule has 0 saturated heterocycles. The number of aromatic carboxylic acids is 1. The SMILES string of the molecule is CCCn1cncc1-c1cc(C(=O)O)on1. The lowest BCUT2D eigenvalue weighted by Gasteiger charge is -2.02. The highest BCUT2D eigenvalue weighted by Crippen LogP contribution is 2.19. The van der Waals surface area contributed by atoms with Crippen molar-refractivity contribution in [3.8, 4) is 11.4 Å². The molecule has 0 atom stereocenters. The Morgan fingerprint density at radius 2 is 2.44 bits per heavy atom.